The first-order chi connectivity index (χ1) is 3.70. The Morgan fingerprint density at radius 2 is 2.50 bits per heavy atom. The van der Waals surface area contributed by atoms with Gasteiger partial charge in [-0.15, -0.1) is 0 Å². The molecule has 0 spiro atoms. The number of aliphatic imine (C=N–C) groups is 1. The Labute approximate surface area is 59.5 Å². The largest absolute Gasteiger partial charge is 0.378 e. The third-order valence-corrected chi connectivity index (χ3v) is 2.58. The normalized spacial score (nSPS) is 37.5. The summed E-state index contributed by atoms with van der Waals surface area (Å²) in [6.45, 7) is 0. The van der Waals surface area contributed by atoms with Crippen LogP contribution in [-0.2, 0) is 0 Å². The summed E-state index contributed by atoms with van der Waals surface area (Å²) in [6, 6.07) is 0. The number of halogens is 1. The lowest BCUT2D eigenvalue weighted by Gasteiger charge is -1.98. The second kappa shape index (κ2) is 2.24. The third-order valence-electron chi connectivity index (χ3n) is 0.727. The maximum Gasteiger partial charge on any atom is 0.170 e. The number of rotatable bonds is 0. The third kappa shape index (κ3) is 1.15. The minimum atomic E-state index is -0.667. The number of alkyl halides is 1. The summed E-state index contributed by atoms with van der Waals surface area (Å²) in [6.07, 6.45) is -0.667. The average molecular weight is 197 g/mol. The van der Waals surface area contributed by atoms with Crippen molar-refractivity contribution in [2.24, 2.45) is 10.7 Å². The maximum atomic E-state index is 8.83. The summed E-state index contributed by atoms with van der Waals surface area (Å²) in [5.74, 6) is 0. The molecule has 0 saturated heterocycles. The van der Waals surface area contributed by atoms with E-state index in [1.165, 1.54) is 11.8 Å². The second-order valence-electron chi connectivity index (χ2n) is 1.35. The van der Waals surface area contributed by atoms with Crippen LogP contribution in [0.25, 0.3) is 0 Å². The first kappa shape index (κ1) is 6.38. The maximum absolute atomic E-state index is 8.83. The smallest absolute Gasteiger partial charge is 0.170 e. The van der Waals surface area contributed by atoms with Crippen molar-refractivity contribution in [1.29, 1.82) is 0 Å². The minimum absolute atomic E-state index is 0.0532. The molecule has 0 aromatic heterocycles. The van der Waals surface area contributed by atoms with E-state index < -0.39 is 6.23 Å². The highest BCUT2D eigenvalue weighted by molar-refractivity contribution is 9.11. The van der Waals surface area contributed by atoms with Gasteiger partial charge in [0.15, 0.2) is 11.4 Å². The van der Waals surface area contributed by atoms with Gasteiger partial charge in [-0.05, 0) is 0 Å². The van der Waals surface area contributed by atoms with Crippen molar-refractivity contribution >= 4 is 32.9 Å². The zero-order valence-electron chi connectivity index (χ0n) is 3.91. The van der Waals surface area contributed by atoms with E-state index in [0.29, 0.717) is 5.17 Å². The van der Waals surface area contributed by atoms with E-state index in [9.17, 15) is 0 Å². The Morgan fingerprint density at radius 1 is 1.88 bits per heavy atom. The van der Waals surface area contributed by atoms with Crippen LogP contribution in [0.4, 0.5) is 0 Å². The van der Waals surface area contributed by atoms with Crippen LogP contribution < -0.4 is 5.73 Å². The fourth-order valence-corrected chi connectivity index (χ4v) is 1.67. The van der Waals surface area contributed by atoms with Crippen LogP contribution in [0.15, 0.2) is 4.99 Å². The second-order valence-corrected chi connectivity index (χ2v) is 4.10. The highest BCUT2D eigenvalue weighted by atomic mass is 79.9. The number of nitrogens with two attached hydrogens (primary N) is 1. The highest BCUT2D eigenvalue weighted by Gasteiger charge is 2.23. The van der Waals surface area contributed by atoms with Gasteiger partial charge >= 0.3 is 0 Å². The van der Waals surface area contributed by atoms with Gasteiger partial charge in [-0.3, -0.25) is 0 Å². The molecular formula is C3H5BrN2OS. The molecule has 5 heteroatoms. The molecular weight excluding hydrogens is 192 g/mol. The van der Waals surface area contributed by atoms with Crippen molar-refractivity contribution in [2.75, 3.05) is 0 Å². The van der Waals surface area contributed by atoms with Crippen molar-refractivity contribution in [3.05, 3.63) is 0 Å². The number of hydrogen-bond acceptors (Lipinski definition) is 4. The van der Waals surface area contributed by atoms with Crippen LogP contribution in [0.3, 0.4) is 0 Å². The Balaban J connectivity index is 2.56. The van der Waals surface area contributed by atoms with E-state index in [2.05, 4.69) is 20.9 Å². The molecule has 0 saturated carbocycles. The molecule has 1 aliphatic heterocycles. The molecule has 2 atom stereocenters. The standard InChI is InChI=1S/C3H5BrN2OS/c4-1-2(7)6-3(5)8-1/h1-2,7H,(H2,5,6)/t1-,2+/m1/s1. The lowest BCUT2D eigenvalue weighted by molar-refractivity contribution is 0.207. The lowest BCUT2D eigenvalue weighted by Crippen LogP contribution is -2.07. The van der Waals surface area contributed by atoms with Crippen LogP contribution in [0.2, 0.25) is 0 Å². The van der Waals surface area contributed by atoms with Crippen LogP contribution in [0, 0.1) is 0 Å². The van der Waals surface area contributed by atoms with Gasteiger partial charge in [-0.1, -0.05) is 27.7 Å². The highest BCUT2D eigenvalue weighted by Crippen LogP contribution is 2.27. The molecule has 0 aromatic rings. The summed E-state index contributed by atoms with van der Waals surface area (Å²) in [7, 11) is 0. The summed E-state index contributed by atoms with van der Waals surface area (Å²) in [5, 5.41) is 9.28. The Hall–Kier alpha value is 0.260. The fourth-order valence-electron chi connectivity index (χ4n) is 0.396. The number of amidine groups is 1. The van der Waals surface area contributed by atoms with Crippen LogP contribution in [0.5, 0.6) is 0 Å². The summed E-state index contributed by atoms with van der Waals surface area (Å²) in [4.78, 5) is 3.64. The van der Waals surface area contributed by atoms with E-state index in [1.807, 2.05) is 0 Å². The molecule has 0 aromatic carbocycles. The van der Waals surface area contributed by atoms with Crippen molar-refractivity contribution in [3.8, 4) is 0 Å². The van der Waals surface area contributed by atoms with Crippen molar-refractivity contribution in [3.63, 3.8) is 0 Å². The number of nitrogens with zero attached hydrogens (tertiary/aromatic N) is 1. The fraction of sp³-hybridized carbons (Fsp3) is 0.667. The predicted molar refractivity (Wildman–Crippen MR) is 37.9 cm³/mol. The molecule has 0 bridgehead atoms. The monoisotopic (exact) mass is 196 g/mol. The van der Waals surface area contributed by atoms with Gasteiger partial charge in [-0.25, -0.2) is 4.99 Å². The van der Waals surface area contributed by atoms with Gasteiger partial charge in [-0.2, -0.15) is 0 Å². The van der Waals surface area contributed by atoms with Crippen molar-refractivity contribution in [2.45, 2.75) is 10.4 Å². The van der Waals surface area contributed by atoms with E-state index in [4.69, 9.17) is 10.8 Å². The molecule has 0 unspecified atom stereocenters. The minimum Gasteiger partial charge on any atom is -0.378 e. The zero-order chi connectivity index (χ0) is 6.15. The molecule has 0 aliphatic carbocycles. The first-order valence-electron chi connectivity index (χ1n) is 2.02. The summed E-state index contributed by atoms with van der Waals surface area (Å²) < 4.78 is -0.0532. The van der Waals surface area contributed by atoms with Crippen LogP contribution >= 0.6 is 27.7 Å². The van der Waals surface area contributed by atoms with Crippen LogP contribution in [0.1, 0.15) is 0 Å². The molecule has 3 nitrogen and oxygen atoms in total. The molecule has 8 heavy (non-hydrogen) atoms. The van der Waals surface area contributed by atoms with Gasteiger partial charge < -0.3 is 10.8 Å². The molecule has 1 aliphatic rings. The Morgan fingerprint density at radius 3 is 2.62 bits per heavy atom. The topological polar surface area (TPSA) is 58.6 Å². The van der Waals surface area contributed by atoms with Gasteiger partial charge in [0, 0.05) is 0 Å². The Kier molecular flexibility index (Phi) is 1.79. The van der Waals surface area contributed by atoms with Gasteiger partial charge in [0.1, 0.15) is 4.16 Å². The number of aliphatic hydroxyl groups is 1. The SMILES string of the molecule is NC1=N[C@@H](O)[C@H](Br)S1. The van der Waals surface area contributed by atoms with Crippen molar-refractivity contribution < 1.29 is 5.11 Å². The van der Waals surface area contributed by atoms with Crippen molar-refractivity contribution in [1.82, 2.24) is 0 Å². The summed E-state index contributed by atoms with van der Waals surface area (Å²) in [5.41, 5.74) is 5.24. The van der Waals surface area contributed by atoms with E-state index in [-0.39, 0.29) is 4.16 Å². The van der Waals surface area contributed by atoms with Gasteiger partial charge in [0.25, 0.3) is 0 Å². The van der Waals surface area contributed by atoms with Crippen LogP contribution in [-0.4, -0.2) is 20.7 Å². The zero-order valence-corrected chi connectivity index (χ0v) is 6.32. The van der Waals surface area contributed by atoms with Gasteiger partial charge in [0.2, 0.25) is 0 Å². The molecule has 0 fully saturated rings. The molecule has 0 amide bonds. The predicted octanol–water partition coefficient (Wildman–Crippen LogP) is 0.0873. The molecule has 0 radical (unpaired) electrons. The first-order valence-corrected chi connectivity index (χ1v) is 3.82. The molecule has 46 valence electrons. The van der Waals surface area contributed by atoms with E-state index in [1.54, 1.807) is 0 Å². The molecule has 1 rings (SSSR count). The van der Waals surface area contributed by atoms with Gasteiger partial charge in [0.05, 0.1) is 0 Å². The summed E-state index contributed by atoms with van der Waals surface area (Å²) >= 11 is 4.49. The number of aliphatic hydroxyl groups excluding tert-OH is 1. The van der Waals surface area contributed by atoms with E-state index >= 15 is 0 Å². The Bertz CT molecular complexity index is 128. The average Bonchev–Trinajstić information content (AvgIpc) is 1.85. The number of thioether (sulfide) groups is 1. The molecule has 3 N–H and O–H groups in total. The number of hydrogen-bond donors (Lipinski definition) is 2. The van der Waals surface area contributed by atoms with E-state index in [0.717, 1.165) is 0 Å². The molecule has 1 heterocycles. The lowest BCUT2D eigenvalue weighted by atomic mass is 10.7. The quantitative estimate of drug-likeness (QED) is 0.541.